The highest BCUT2D eigenvalue weighted by Crippen LogP contribution is 2.37. The molecule has 0 aliphatic carbocycles. The van der Waals surface area contributed by atoms with Crippen LogP contribution in [-0.2, 0) is 20.9 Å². The van der Waals surface area contributed by atoms with Crippen LogP contribution in [0.25, 0.3) is 11.1 Å². The van der Waals surface area contributed by atoms with Gasteiger partial charge >= 0.3 is 11.9 Å². The lowest BCUT2D eigenvalue weighted by atomic mass is 9.95. The Bertz CT molecular complexity index is 993. The average Bonchev–Trinajstić information content (AvgIpc) is 3.00. The van der Waals surface area contributed by atoms with E-state index in [0.29, 0.717) is 16.8 Å². The van der Waals surface area contributed by atoms with Crippen molar-refractivity contribution in [3.05, 3.63) is 40.2 Å². The van der Waals surface area contributed by atoms with Gasteiger partial charge < -0.3 is 18.9 Å². The van der Waals surface area contributed by atoms with Crippen molar-refractivity contribution in [3.63, 3.8) is 0 Å². The third kappa shape index (κ3) is 6.71. The van der Waals surface area contributed by atoms with Crippen LogP contribution in [0, 0.1) is 6.92 Å². The Labute approximate surface area is 196 Å². The Kier molecular flexibility index (Phi) is 8.04. The van der Waals surface area contributed by atoms with E-state index in [1.54, 1.807) is 60.6 Å². The Morgan fingerprint density at radius 2 is 1.91 bits per heavy atom. The Hall–Kier alpha value is -2.07. The van der Waals surface area contributed by atoms with Gasteiger partial charge in [-0.25, -0.2) is 4.79 Å². The minimum atomic E-state index is -1.56. The van der Waals surface area contributed by atoms with E-state index in [2.05, 4.69) is 9.88 Å². The van der Waals surface area contributed by atoms with Crippen molar-refractivity contribution in [1.29, 1.82) is 0 Å². The van der Waals surface area contributed by atoms with Crippen LogP contribution in [0.3, 0.4) is 0 Å². The number of esters is 1. The van der Waals surface area contributed by atoms with E-state index < -0.39 is 39.7 Å². The van der Waals surface area contributed by atoms with E-state index in [9.17, 15) is 19.2 Å². The van der Waals surface area contributed by atoms with Crippen LogP contribution in [0.2, 0.25) is 5.02 Å². The molecule has 1 aromatic carbocycles. The number of halogens is 1. The van der Waals surface area contributed by atoms with Gasteiger partial charge in [-0.2, -0.15) is 0 Å². The van der Waals surface area contributed by atoms with Crippen molar-refractivity contribution in [2.75, 3.05) is 0 Å². The predicted octanol–water partition coefficient (Wildman–Crippen LogP) is 4.83. The van der Waals surface area contributed by atoms with Gasteiger partial charge in [-0.05, 0) is 60.6 Å². The Balaban J connectivity index is 2.58. The number of aromatic carboxylic acids is 1. The van der Waals surface area contributed by atoms with Gasteiger partial charge in [0.25, 0.3) is 0 Å². The maximum Gasteiger partial charge on any atom is 0.336 e. The second kappa shape index (κ2) is 9.82. The summed E-state index contributed by atoms with van der Waals surface area (Å²) >= 11 is 4.43. The van der Waals surface area contributed by atoms with E-state index >= 15 is 0 Å². The first kappa shape index (κ1) is 26.2. The number of aromatic nitrogens is 1. The van der Waals surface area contributed by atoms with Gasteiger partial charge in [-0.15, -0.1) is 4.72 Å². The minimum absolute atomic E-state index is 0.0435. The van der Waals surface area contributed by atoms with Gasteiger partial charge in [0.05, 0.1) is 23.2 Å². The zero-order chi connectivity index (χ0) is 24.4. The minimum Gasteiger partial charge on any atom is -0.598 e. The van der Waals surface area contributed by atoms with Gasteiger partial charge in [0.1, 0.15) is 16.4 Å². The fourth-order valence-electron chi connectivity index (χ4n) is 2.91. The summed E-state index contributed by atoms with van der Waals surface area (Å²) < 4.78 is 26.1. The van der Waals surface area contributed by atoms with E-state index in [0.717, 1.165) is 0 Å². The molecule has 0 saturated carbocycles. The molecule has 2 atom stereocenters. The summed E-state index contributed by atoms with van der Waals surface area (Å²) in [6.45, 7) is 12.3. The molecule has 10 heteroatoms. The normalized spacial score (nSPS) is 14.2. The molecule has 32 heavy (non-hydrogen) atoms. The SMILES string of the molecule is Cc1noc([C@H](CC(=O)OC(C)(C)C)N[S+]([O-])C(C)(C)C)c1-c1ccc(Cl)cc1C(=O)O. The number of nitrogens with one attached hydrogen (secondary N) is 1. The zero-order valence-electron chi connectivity index (χ0n) is 19.2. The van der Waals surface area contributed by atoms with Gasteiger partial charge in [-0.3, -0.25) is 4.79 Å². The molecule has 2 rings (SSSR count). The largest absolute Gasteiger partial charge is 0.598 e. The van der Waals surface area contributed by atoms with Crippen molar-refractivity contribution in [1.82, 2.24) is 9.88 Å². The third-order valence-corrected chi connectivity index (χ3v) is 6.13. The highest BCUT2D eigenvalue weighted by atomic mass is 35.5. The summed E-state index contributed by atoms with van der Waals surface area (Å²) in [4.78, 5) is 24.5. The fraction of sp³-hybridized carbons (Fsp3) is 0.500. The van der Waals surface area contributed by atoms with Crippen LogP contribution in [-0.4, -0.2) is 37.1 Å². The Morgan fingerprint density at radius 1 is 1.28 bits per heavy atom. The highest BCUT2D eigenvalue weighted by molar-refractivity contribution is 7.90. The summed E-state index contributed by atoms with van der Waals surface area (Å²) in [7, 11) is 0. The Morgan fingerprint density at radius 3 is 2.44 bits per heavy atom. The summed E-state index contributed by atoms with van der Waals surface area (Å²) in [5.74, 6) is -1.52. The number of hydrogen-bond donors (Lipinski definition) is 2. The smallest absolute Gasteiger partial charge is 0.336 e. The molecule has 2 N–H and O–H groups in total. The molecule has 1 unspecified atom stereocenters. The van der Waals surface area contributed by atoms with Crippen molar-refractivity contribution in [2.24, 2.45) is 0 Å². The lowest BCUT2D eigenvalue weighted by Crippen LogP contribution is -2.42. The zero-order valence-corrected chi connectivity index (χ0v) is 20.8. The number of benzene rings is 1. The molecule has 0 aliphatic heterocycles. The van der Waals surface area contributed by atoms with Gasteiger partial charge in [0.15, 0.2) is 5.76 Å². The number of carboxylic acid groups (broad SMARTS) is 1. The molecule has 8 nitrogen and oxygen atoms in total. The lowest BCUT2D eigenvalue weighted by molar-refractivity contribution is -0.155. The molecule has 0 bridgehead atoms. The number of ether oxygens (including phenoxy) is 1. The van der Waals surface area contributed by atoms with Gasteiger partial charge in [-0.1, -0.05) is 22.8 Å². The first-order chi connectivity index (χ1) is 14.6. The standard InChI is InChI=1S/C22H29ClN2O6S/c1-12-18(14-9-8-13(23)10-15(14)20(27)28)19(31-24-12)16(25-32(29)22(5,6)7)11-17(26)30-21(2,3)4/h8-10,16,25H,11H2,1-7H3,(H,27,28)/t16-,32?/m0/s1. The molecule has 1 aromatic heterocycles. The van der Waals surface area contributed by atoms with Crippen molar-refractivity contribution < 1.29 is 28.5 Å². The topological polar surface area (TPSA) is 125 Å². The van der Waals surface area contributed by atoms with Crippen LogP contribution in [0.5, 0.6) is 0 Å². The number of nitrogens with zero attached hydrogens (tertiary/aromatic N) is 1. The fourth-order valence-corrected chi connectivity index (χ4v) is 3.88. The van der Waals surface area contributed by atoms with Crippen LogP contribution in [0.15, 0.2) is 22.7 Å². The van der Waals surface area contributed by atoms with Crippen LogP contribution >= 0.6 is 11.6 Å². The van der Waals surface area contributed by atoms with Gasteiger partial charge in [0, 0.05) is 21.9 Å². The molecule has 0 spiro atoms. The third-order valence-electron chi connectivity index (χ3n) is 4.28. The molecule has 0 amide bonds. The summed E-state index contributed by atoms with van der Waals surface area (Å²) in [6, 6.07) is 3.57. The van der Waals surface area contributed by atoms with Gasteiger partial charge in [0.2, 0.25) is 0 Å². The maximum atomic E-state index is 12.9. The molecular formula is C22H29ClN2O6S. The first-order valence-electron chi connectivity index (χ1n) is 9.99. The van der Waals surface area contributed by atoms with Crippen LogP contribution < -0.4 is 4.72 Å². The molecule has 176 valence electrons. The molecular weight excluding hydrogens is 456 g/mol. The number of rotatable bonds is 7. The molecule has 1 heterocycles. The second-order valence-electron chi connectivity index (χ2n) is 9.34. The van der Waals surface area contributed by atoms with E-state index in [-0.39, 0.29) is 22.8 Å². The number of carboxylic acids is 1. The molecule has 0 saturated heterocycles. The highest BCUT2D eigenvalue weighted by Gasteiger charge is 2.36. The monoisotopic (exact) mass is 484 g/mol. The maximum absolute atomic E-state index is 12.9. The molecule has 2 aromatic rings. The van der Waals surface area contributed by atoms with Crippen molar-refractivity contribution in [2.45, 2.75) is 71.3 Å². The number of aryl methyl sites for hydroxylation is 1. The average molecular weight is 485 g/mol. The predicted molar refractivity (Wildman–Crippen MR) is 123 cm³/mol. The van der Waals surface area contributed by atoms with E-state index in [1.807, 2.05) is 0 Å². The molecule has 0 radical (unpaired) electrons. The van der Waals surface area contributed by atoms with Crippen LogP contribution in [0.1, 0.15) is 75.8 Å². The first-order valence-corrected chi connectivity index (χ1v) is 11.5. The van der Waals surface area contributed by atoms with Crippen molar-refractivity contribution in [3.8, 4) is 11.1 Å². The summed E-state index contributed by atoms with van der Waals surface area (Å²) in [5.41, 5.74) is 0.386. The van der Waals surface area contributed by atoms with E-state index in [1.165, 1.54) is 6.07 Å². The van der Waals surface area contributed by atoms with E-state index in [4.69, 9.17) is 20.9 Å². The number of carbonyl (C=O) groups excluding carboxylic acids is 1. The molecule has 0 fully saturated rings. The number of carbonyl (C=O) groups is 2. The second-order valence-corrected chi connectivity index (χ2v) is 11.8. The number of hydrogen-bond acceptors (Lipinski definition) is 7. The summed E-state index contributed by atoms with van der Waals surface area (Å²) in [6.07, 6.45) is -0.198. The molecule has 0 aliphatic rings. The summed E-state index contributed by atoms with van der Waals surface area (Å²) in [5, 5.41) is 13.9. The van der Waals surface area contributed by atoms with Crippen molar-refractivity contribution >= 4 is 34.9 Å². The van der Waals surface area contributed by atoms with Crippen LogP contribution in [0.4, 0.5) is 0 Å². The quantitative estimate of drug-likeness (QED) is 0.423. The lowest BCUT2D eigenvalue weighted by Gasteiger charge is -2.28.